The molecule has 6 nitrogen and oxygen atoms in total. The van der Waals surface area contributed by atoms with Gasteiger partial charge < -0.3 is 20.0 Å². The number of nitrogens with one attached hydrogen (secondary N) is 1. The summed E-state index contributed by atoms with van der Waals surface area (Å²) in [5.41, 5.74) is 0. The van der Waals surface area contributed by atoms with Crippen molar-refractivity contribution in [2.45, 2.75) is 0 Å². The average molecular weight is 254 g/mol. The summed E-state index contributed by atoms with van der Waals surface area (Å²) in [6.45, 7) is 6.95. The fourth-order valence-electron chi connectivity index (χ4n) is 1.82. The predicted molar refractivity (Wildman–Crippen MR) is 70.3 cm³/mol. The van der Waals surface area contributed by atoms with Gasteiger partial charge in [0.25, 0.3) is 0 Å². The molecule has 0 saturated carbocycles. The zero-order valence-electron chi connectivity index (χ0n) is 11.2. The quantitative estimate of drug-likeness (QED) is 0.548. The van der Waals surface area contributed by atoms with Crippen LogP contribution in [0.15, 0.2) is 12.7 Å². The summed E-state index contributed by atoms with van der Waals surface area (Å²) < 4.78 is 0. The van der Waals surface area contributed by atoms with Gasteiger partial charge in [-0.05, 0) is 0 Å². The van der Waals surface area contributed by atoms with E-state index in [0.717, 1.165) is 0 Å². The summed E-state index contributed by atoms with van der Waals surface area (Å²) in [7, 11) is 3.47. The molecule has 0 aliphatic carbocycles. The SMILES string of the molecule is C=CCNCC(=O)N1CCN(C(=O)N(C)C)CC1. The van der Waals surface area contributed by atoms with Crippen molar-refractivity contribution < 1.29 is 9.59 Å². The van der Waals surface area contributed by atoms with E-state index in [-0.39, 0.29) is 11.9 Å². The van der Waals surface area contributed by atoms with E-state index in [1.54, 1.807) is 34.9 Å². The lowest BCUT2D eigenvalue weighted by Crippen LogP contribution is -2.54. The standard InChI is InChI=1S/C12H22N4O2/c1-4-5-13-10-11(17)15-6-8-16(9-7-15)12(18)14(2)3/h4,13H,1,5-10H2,2-3H3. The number of hydrogen-bond donors (Lipinski definition) is 1. The number of carbonyl (C=O) groups excluding carboxylic acids is 2. The molecule has 0 atom stereocenters. The first-order chi connectivity index (χ1) is 8.56. The Kier molecular flexibility index (Phi) is 5.64. The first-order valence-electron chi connectivity index (χ1n) is 6.12. The van der Waals surface area contributed by atoms with Crippen LogP contribution in [0.25, 0.3) is 0 Å². The van der Waals surface area contributed by atoms with Gasteiger partial charge >= 0.3 is 6.03 Å². The van der Waals surface area contributed by atoms with Gasteiger partial charge in [0.15, 0.2) is 0 Å². The van der Waals surface area contributed by atoms with E-state index in [2.05, 4.69) is 11.9 Å². The lowest BCUT2D eigenvalue weighted by Gasteiger charge is -2.36. The van der Waals surface area contributed by atoms with Gasteiger partial charge in [-0.3, -0.25) is 4.79 Å². The molecule has 6 heteroatoms. The molecule has 1 heterocycles. The van der Waals surface area contributed by atoms with Crippen molar-refractivity contribution in [1.29, 1.82) is 0 Å². The molecule has 0 bridgehead atoms. The highest BCUT2D eigenvalue weighted by molar-refractivity contribution is 5.79. The van der Waals surface area contributed by atoms with Gasteiger partial charge in [-0.2, -0.15) is 0 Å². The Bertz CT molecular complexity index is 309. The lowest BCUT2D eigenvalue weighted by molar-refractivity contribution is -0.131. The summed E-state index contributed by atoms with van der Waals surface area (Å²) in [5.74, 6) is 0.0776. The molecule has 0 aromatic rings. The highest BCUT2D eigenvalue weighted by Crippen LogP contribution is 2.04. The highest BCUT2D eigenvalue weighted by Gasteiger charge is 2.24. The van der Waals surface area contributed by atoms with Gasteiger partial charge in [0.1, 0.15) is 0 Å². The van der Waals surface area contributed by atoms with E-state index in [1.807, 2.05) is 0 Å². The molecule has 1 rings (SSSR count). The van der Waals surface area contributed by atoms with Crippen molar-refractivity contribution >= 4 is 11.9 Å². The van der Waals surface area contributed by atoms with Crippen LogP contribution in [0, 0.1) is 0 Å². The van der Waals surface area contributed by atoms with E-state index in [0.29, 0.717) is 39.3 Å². The summed E-state index contributed by atoms with van der Waals surface area (Å²) >= 11 is 0. The predicted octanol–water partition coefficient (Wildman–Crippen LogP) is -0.412. The van der Waals surface area contributed by atoms with Crippen LogP contribution < -0.4 is 5.32 Å². The van der Waals surface area contributed by atoms with Gasteiger partial charge in [-0.15, -0.1) is 6.58 Å². The molecular weight excluding hydrogens is 232 g/mol. The molecule has 0 spiro atoms. The Morgan fingerprint density at radius 3 is 2.28 bits per heavy atom. The number of urea groups is 1. The van der Waals surface area contributed by atoms with E-state index in [4.69, 9.17) is 0 Å². The van der Waals surface area contributed by atoms with Crippen LogP contribution in [0.4, 0.5) is 4.79 Å². The van der Waals surface area contributed by atoms with Crippen molar-refractivity contribution in [2.75, 3.05) is 53.4 Å². The number of piperazine rings is 1. The van der Waals surface area contributed by atoms with Crippen molar-refractivity contribution in [3.63, 3.8) is 0 Å². The molecule has 0 aromatic carbocycles. The second-order valence-corrected chi connectivity index (χ2v) is 4.46. The maximum Gasteiger partial charge on any atom is 0.319 e. The third-order valence-electron chi connectivity index (χ3n) is 2.85. The Morgan fingerprint density at radius 1 is 1.22 bits per heavy atom. The molecular formula is C12H22N4O2. The Hall–Kier alpha value is -1.56. The Balaban J connectivity index is 2.32. The molecule has 1 aliphatic heterocycles. The number of carbonyl (C=O) groups is 2. The molecule has 1 aliphatic rings. The fraction of sp³-hybridized carbons (Fsp3) is 0.667. The minimum atomic E-state index is 0.00637. The monoisotopic (exact) mass is 254 g/mol. The maximum atomic E-state index is 11.8. The van der Waals surface area contributed by atoms with Crippen molar-refractivity contribution in [1.82, 2.24) is 20.0 Å². The van der Waals surface area contributed by atoms with Gasteiger partial charge in [-0.1, -0.05) is 6.08 Å². The molecule has 102 valence electrons. The number of hydrogen-bond acceptors (Lipinski definition) is 3. The lowest BCUT2D eigenvalue weighted by atomic mass is 10.3. The van der Waals surface area contributed by atoms with Crippen molar-refractivity contribution in [3.8, 4) is 0 Å². The molecule has 3 amide bonds. The van der Waals surface area contributed by atoms with Crippen molar-refractivity contribution in [2.24, 2.45) is 0 Å². The third-order valence-corrected chi connectivity index (χ3v) is 2.85. The summed E-state index contributed by atoms with van der Waals surface area (Å²) in [6, 6.07) is 0.00637. The van der Waals surface area contributed by atoms with E-state index in [1.165, 1.54) is 0 Å². The maximum absolute atomic E-state index is 11.8. The fourth-order valence-corrected chi connectivity index (χ4v) is 1.82. The number of amides is 3. The Morgan fingerprint density at radius 2 is 1.78 bits per heavy atom. The van der Waals surface area contributed by atoms with Crippen LogP contribution in [-0.4, -0.2) is 80.0 Å². The zero-order valence-corrected chi connectivity index (χ0v) is 11.2. The minimum absolute atomic E-state index is 0.00637. The van der Waals surface area contributed by atoms with E-state index >= 15 is 0 Å². The van der Waals surface area contributed by atoms with E-state index in [9.17, 15) is 9.59 Å². The first kappa shape index (κ1) is 14.5. The van der Waals surface area contributed by atoms with Crippen LogP contribution in [0.2, 0.25) is 0 Å². The van der Waals surface area contributed by atoms with Gasteiger partial charge in [0, 0.05) is 46.8 Å². The van der Waals surface area contributed by atoms with Crippen LogP contribution >= 0.6 is 0 Å². The molecule has 0 aromatic heterocycles. The summed E-state index contributed by atoms with van der Waals surface area (Å²) in [4.78, 5) is 28.6. The largest absolute Gasteiger partial charge is 0.338 e. The smallest absolute Gasteiger partial charge is 0.319 e. The normalized spacial score (nSPS) is 15.4. The van der Waals surface area contributed by atoms with Crippen LogP contribution in [0.5, 0.6) is 0 Å². The van der Waals surface area contributed by atoms with Crippen LogP contribution in [0.1, 0.15) is 0 Å². The van der Waals surface area contributed by atoms with E-state index < -0.39 is 0 Å². The number of rotatable bonds is 4. The molecule has 1 saturated heterocycles. The van der Waals surface area contributed by atoms with Gasteiger partial charge in [-0.25, -0.2) is 4.79 Å². The summed E-state index contributed by atoms with van der Waals surface area (Å²) in [5, 5.41) is 2.99. The van der Waals surface area contributed by atoms with Gasteiger partial charge in [0.05, 0.1) is 6.54 Å². The van der Waals surface area contributed by atoms with Crippen LogP contribution in [0.3, 0.4) is 0 Å². The number of nitrogens with zero attached hydrogens (tertiary/aromatic N) is 3. The van der Waals surface area contributed by atoms with Crippen LogP contribution in [-0.2, 0) is 4.79 Å². The van der Waals surface area contributed by atoms with Crippen molar-refractivity contribution in [3.05, 3.63) is 12.7 Å². The molecule has 1 fully saturated rings. The average Bonchev–Trinajstić information content (AvgIpc) is 2.38. The minimum Gasteiger partial charge on any atom is -0.338 e. The molecule has 0 radical (unpaired) electrons. The zero-order chi connectivity index (χ0) is 13.5. The summed E-state index contributed by atoms with van der Waals surface area (Å²) in [6.07, 6.45) is 1.72. The molecule has 0 unspecified atom stereocenters. The Labute approximate surface area is 108 Å². The molecule has 1 N–H and O–H groups in total. The topological polar surface area (TPSA) is 55.9 Å². The first-order valence-corrected chi connectivity index (χ1v) is 6.12. The second kappa shape index (κ2) is 7.00. The third kappa shape index (κ3) is 4.03. The molecule has 18 heavy (non-hydrogen) atoms. The van der Waals surface area contributed by atoms with Gasteiger partial charge in [0.2, 0.25) is 5.91 Å². The highest BCUT2D eigenvalue weighted by atomic mass is 16.2. The second-order valence-electron chi connectivity index (χ2n) is 4.46.